The highest BCUT2D eigenvalue weighted by molar-refractivity contribution is 5.84. The Morgan fingerprint density at radius 3 is 2.45 bits per heavy atom. The summed E-state index contributed by atoms with van der Waals surface area (Å²) in [6.45, 7) is 14.3. The number of piperazine rings is 1. The number of benzene rings is 2. The Labute approximate surface area is 299 Å². The summed E-state index contributed by atoms with van der Waals surface area (Å²) in [4.78, 5) is 22.2. The number of hydrogen-bond acceptors (Lipinski definition) is 8. The molecule has 3 aromatic heterocycles. The second kappa shape index (κ2) is 15.7. The second-order valence-electron chi connectivity index (χ2n) is 13.9. The van der Waals surface area contributed by atoms with Gasteiger partial charge >= 0.3 is 5.63 Å². The Kier molecular flexibility index (Phi) is 10.7. The van der Waals surface area contributed by atoms with E-state index in [1.54, 1.807) is 12.1 Å². The van der Waals surface area contributed by atoms with Crippen molar-refractivity contribution in [2.45, 2.75) is 52.6 Å². The highest BCUT2D eigenvalue weighted by atomic mass is 19.1. The lowest BCUT2D eigenvalue weighted by atomic mass is 10.1. The van der Waals surface area contributed by atoms with Crippen molar-refractivity contribution in [2.75, 3.05) is 68.7 Å². The maximum Gasteiger partial charge on any atom is 0.343 e. The number of aromatic nitrogens is 4. The number of rotatable bonds is 12. The maximum atomic E-state index is 15.5. The summed E-state index contributed by atoms with van der Waals surface area (Å²) in [6.07, 6.45) is 10.9. The van der Waals surface area contributed by atoms with Crippen LogP contribution in [-0.2, 0) is 20.1 Å². The normalized spacial score (nSPS) is 16.2. The lowest BCUT2D eigenvalue weighted by molar-refractivity contribution is -0.646. The Bertz CT molecular complexity index is 2060. The summed E-state index contributed by atoms with van der Waals surface area (Å²) >= 11 is 0. The van der Waals surface area contributed by atoms with Crippen molar-refractivity contribution >= 4 is 45.4 Å². The predicted molar refractivity (Wildman–Crippen MR) is 202 cm³/mol. The van der Waals surface area contributed by atoms with Gasteiger partial charge in [-0.05, 0) is 89.2 Å². The van der Waals surface area contributed by atoms with Crippen LogP contribution in [0.25, 0.3) is 34.0 Å². The summed E-state index contributed by atoms with van der Waals surface area (Å²) in [5.41, 5.74) is 5.11. The van der Waals surface area contributed by atoms with E-state index in [2.05, 4.69) is 56.0 Å². The number of piperidine rings is 1. The summed E-state index contributed by atoms with van der Waals surface area (Å²) in [7, 11) is 1.97. The Balaban J connectivity index is 0.994. The quantitative estimate of drug-likeness (QED) is 0.122. The molecule has 268 valence electrons. The zero-order valence-corrected chi connectivity index (χ0v) is 30.2. The van der Waals surface area contributed by atoms with Crippen LogP contribution in [0.5, 0.6) is 0 Å². The van der Waals surface area contributed by atoms with Crippen molar-refractivity contribution in [2.24, 2.45) is 7.05 Å². The number of fused-ring (bicyclic) bond motifs is 2. The van der Waals surface area contributed by atoms with E-state index in [1.807, 2.05) is 58.8 Å². The molecular weight excluding hydrogens is 643 g/mol. The number of pyridine rings is 1. The van der Waals surface area contributed by atoms with Crippen molar-refractivity contribution in [1.29, 1.82) is 0 Å². The van der Waals surface area contributed by atoms with Crippen LogP contribution >= 0.6 is 0 Å². The van der Waals surface area contributed by atoms with E-state index in [1.165, 1.54) is 32.4 Å². The molecule has 2 saturated heterocycles. The average molecular weight is 694 g/mol. The van der Waals surface area contributed by atoms with Gasteiger partial charge in [-0.1, -0.05) is 11.6 Å². The topological polar surface area (TPSA) is 77.8 Å². The van der Waals surface area contributed by atoms with E-state index in [-0.39, 0.29) is 11.4 Å². The minimum atomic E-state index is -0.379. The van der Waals surface area contributed by atoms with Gasteiger partial charge in [-0.25, -0.2) is 9.18 Å². The first-order valence-electron chi connectivity index (χ1n) is 18.6. The smallest absolute Gasteiger partial charge is 0.343 e. The molecule has 0 unspecified atom stereocenters. The summed E-state index contributed by atoms with van der Waals surface area (Å²) < 4.78 is 25.3. The third-order valence-electron chi connectivity index (χ3n) is 10.6. The number of hydrogen-bond donors (Lipinski definition) is 0. The van der Waals surface area contributed by atoms with Gasteiger partial charge < -0.3 is 19.1 Å². The van der Waals surface area contributed by atoms with Gasteiger partial charge in [-0.3, -0.25) is 9.58 Å². The molecule has 0 bridgehead atoms. The van der Waals surface area contributed by atoms with Crippen LogP contribution < -0.4 is 20.0 Å². The van der Waals surface area contributed by atoms with E-state index in [9.17, 15) is 4.79 Å². The molecule has 51 heavy (non-hydrogen) atoms. The monoisotopic (exact) mass is 693 g/mol. The fourth-order valence-electron chi connectivity index (χ4n) is 7.55. The first kappa shape index (κ1) is 34.8. The molecule has 0 spiro atoms. The molecule has 0 N–H and O–H groups in total. The lowest BCUT2D eigenvalue weighted by Crippen LogP contribution is -2.46. The number of halogens is 1. The third kappa shape index (κ3) is 7.99. The van der Waals surface area contributed by atoms with Gasteiger partial charge in [0, 0.05) is 99.3 Å². The van der Waals surface area contributed by atoms with Crippen molar-refractivity contribution in [3.05, 3.63) is 87.9 Å². The second-order valence-corrected chi connectivity index (χ2v) is 13.9. The molecule has 5 heterocycles. The first-order chi connectivity index (χ1) is 24.9. The number of anilines is 2. The van der Waals surface area contributed by atoms with Gasteiger partial charge in [0.05, 0.1) is 16.9 Å². The predicted octanol–water partition coefficient (Wildman–Crippen LogP) is 5.72. The highest BCUT2D eigenvalue weighted by Crippen LogP contribution is 2.27. The van der Waals surface area contributed by atoms with Crippen LogP contribution in [0.4, 0.5) is 15.8 Å². The SMILES string of the molecule is CCN(CC)c1ccc2cc(/C=C/c3ccc4cc(F)c(N5CCN(Cc6cn(CCCN7CCCCC7)nn6)CC5)cc4[n+]3C)c(=O)oc2c1. The van der Waals surface area contributed by atoms with Crippen LogP contribution in [0.2, 0.25) is 0 Å². The van der Waals surface area contributed by atoms with Crippen molar-refractivity contribution in [3.8, 4) is 0 Å². The molecular formula is C40H50FN8O2+. The molecule has 2 aromatic carbocycles. The van der Waals surface area contributed by atoms with Gasteiger partial charge in [0.1, 0.15) is 18.4 Å². The van der Waals surface area contributed by atoms with E-state index >= 15 is 4.39 Å². The van der Waals surface area contributed by atoms with Crippen molar-refractivity contribution < 1.29 is 13.4 Å². The maximum absolute atomic E-state index is 15.5. The molecule has 0 atom stereocenters. The molecule has 0 aliphatic carbocycles. The molecule has 0 saturated carbocycles. The van der Waals surface area contributed by atoms with Gasteiger partial charge in [0.15, 0.2) is 0 Å². The largest absolute Gasteiger partial charge is 0.422 e. The summed E-state index contributed by atoms with van der Waals surface area (Å²) in [6, 6.07) is 15.3. The van der Waals surface area contributed by atoms with Gasteiger partial charge in [0.2, 0.25) is 11.2 Å². The molecule has 10 nitrogen and oxygen atoms in total. The Morgan fingerprint density at radius 1 is 0.882 bits per heavy atom. The number of likely N-dealkylation sites (tertiary alicyclic amines) is 1. The molecule has 0 radical (unpaired) electrons. The molecule has 11 heteroatoms. The van der Waals surface area contributed by atoms with Crippen LogP contribution in [0.1, 0.15) is 56.5 Å². The van der Waals surface area contributed by atoms with E-state index < -0.39 is 0 Å². The van der Waals surface area contributed by atoms with E-state index in [0.717, 1.165) is 98.7 Å². The summed E-state index contributed by atoms with van der Waals surface area (Å²) in [5.74, 6) is -0.218. The minimum Gasteiger partial charge on any atom is -0.422 e. The van der Waals surface area contributed by atoms with E-state index in [4.69, 9.17) is 4.42 Å². The third-order valence-corrected chi connectivity index (χ3v) is 10.6. The zero-order valence-electron chi connectivity index (χ0n) is 30.2. The average Bonchev–Trinajstić information content (AvgIpc) is 3.59. The lowest BCUT2D eigenvalue weighted by Gasteiger charge is -2.35. The molecule has 2 fully saturated rings. The molecule has 2 aliphatic heterocycles. The van der Waals surface area contributed by atoms with Gasteiger partial charge in [-0.15, -0.1) is 5.10 Å². The number of aryl methyl sites for hydroxylation is 2. The van der Waals surface area contributed by atoms with Crippen molar-refractivity contribution in [1.82, 2.24) is 24.8 Å². The number of nitrogens with zero attached hydrogens (tertiary/aromatic N) is 8. The fourth-order valence-corrected chi connectivity index (χ4v) is 7.55. The van der Waals surface area contributed by atoms with Crippen LogP contribution in [0.15, 0.2) is 63.9 Å². The highest BCUT2D eigenvalue weighted by Gasteiger charge is 2.23. The fraction of sp³-hybridized carbons (Fsp3) is 0.450. The zero-order chi connectivity index (χ0) is 35.3. The van der Waals surface area contributed by atoms with Crippen molar-refractivity contribution in [3.63, 3.8) is 0 Å². The van der Waals surface area contributed by atoms with Crippen LogP contribution in [-0.4, -0.2) is 83.7 Å². The van der Waals surface area contributed by atoms with Crippen LogP contribution in [0.3, 0.4) is 0 Å². The Morgan fingerprint density at radius 2 is 1.67 bits per heavy atom. The molecule has 5 aromatic rings. The van der Waals surface area contributed by atoms with E-state index in [0.29, 0.717) is 16.8 Å². The standard InChI is InChI=1S/C40H50FN8O2/c1-4-47(5-2)35-15-11-31-24-32(40(50)51-39(31)26-35)12-14-34-13-10-30-25-36(41)38(27-37(30)44(34)3)48-22-20-46(21-23-48)28-33-29-49(43-42-33)19-9-18-45-16-7-6-8-17-45/h10-15,24-27,29H,4-9,16-23,28H2,1-3H3/q+1. The molecule has 0 amide bonds. The Hall–Kier alpha value is -4.61. The minimum absolute atomic E-state index is 0.218. The van der Waals surface area contributed by atoms with Crippen LogP contribution in [0, 0.1) is 5.82 Å². The van der Waals surface area contributed by atoms with Gasteiger partial charge in [0.25, 0.3) is 0 Å². The van der Waals surface area contributed by atoms with Gasteiger partial charge in [-0.2, -0.15) is 4.57 Å². The molecule has 7 rings (SSSR count). The summed E-state index contributed by atoms with van der Waals surface area (Å²) in [5, 5.41) is 10.5. The molecule has 2 aliphatic rings. The first-order valence-corrected chi connectivity index (χ1v) is 18.6.